The quantitative estimate of drug-likeness (QED) is 0.678. The molecule has 1 aromatic rings. The summed E-state index contributed by atoms with van der Waals surface area (Å²) in [5.41, 5.74) is 0.604. The first-order chi connectivity index (χ1) is 6.66. The van der Waals surface area contributed by atoms with Crippen LogP contribution in [0.2, 0.25) is 0 Å². The number of hydrogen-bond acceptors (Lipinski definition) is 2. The van der Waals surface area contributed by atoms with E-state index < -0.39 is 0 Å². The molecule has 0 aromatic carbocycles. The van der Waals surface area contributed by atoms with Gasteiger partial charge in [0.1, 0.15) is 0 Å². The molecular formula is C11H13NO2. The Balaban J connectivity index is 2.31. The van der Waals surface area contributed by atoms with Crippen molar-refractivity contribution < 1.29 is 4.79 Å². The van der Waals surface area contributed by atoms with E-state index in [2.05, 4.69) is 0 Å². The Hall–Kier alpha value is -1.38. The van der Waals surface area contributed by atoms with E-state index in [0.717, 1.165) is 6.54 Å². The molecule has 3 heteroatoms. The molecule has 14 heavy (non-hydrogen) atoms. The van der Waals surface area contributed by atoms with Gasteiger partial charge in [0.25, 0.3) is 5.56 Å². The van der Waals surface area contributed by atoms with E-state index in [-0.39, 0.29) is 11.3 Å². The third-order valence-corrected chi connectivity index (χ3v) is 2.54. The van der Waals surface area contributed by atoms with Crippen LogP contribution in [0.15, 0.2) is 23.1 Å². The number of carbonyl (C=O) groups is 1. The molecule has 0 N–H and O–H groups in total. The van der Waals surface area contributed by atoms with Crippen molar-refractivity contribution in [2.24, 2.45) is 5.92 Å². The molecule has 0 aliphatic heterocycles. The Morgan fingerprint density at radius 2 is 2.21 bits per heavy atom. The van der Waals surface area contributed by atoms with E-state index in [1.54, 1.807) is 16.8 Å². The highest BCUT2D eigenvalue weighted by Gasteiger charge is 2.22. The van der Waals surface area contributed by atoms with Gasteiger partial charge in [-0.3, -0.25) is 9.59 Å². The topological polar surface area (TPSA) is 39.1 Å². The van der Waals surface area contributed by atoms with Gasteiger partial charge in [-0.05, 0) is 31.7 Å². The normalized spacial score (nSPS) is 15.5. The molecule has 0 bridgehead atoms. The van der Waals surface area contributed by atoms with E-state index in [4.69, 9.17) is 0 Å². The van der Waals surface area contributed by atoms with Crippen LogP contribution >= 0.6 is 0 Å². The van der Waals surface area contributed by atoms with Crippen LogP contribution in [0.4, 0.5) is 0 Å². The fourth-order valence-corrected chi connectivity index (χ4v) is 1.46. The SMILES string of the molecule is CC(=O)c1ccc(=O)n(CC2CC2)c1. The summed E-state index contributed by atoms with van der Waals surface area (Å²) in [7, 11) is 0. The Morgan fingerprint density at radius 1 is 1.50 bits per heavy atom. The third-order valence-electron chi connectivity index (χ3n) is 2.54. The maximum Gasteiger partial charge on any atom is 0.250 e. The molecule has 3 nitrogen and oxygen atoms in total. The molecule has 1 aromatic heterocycles. The first kappa shape index (κ1) is 9.19. The Bertz CT molecular complexity index is 416. The zero-order chi connectivity index (χ0) is 10.1. The number of Topliss-reactive ketones (excluding diaryl/α,β-unsaturated/α-hetero) is 1. The summed E-state index contributed by atoms with van der Waals surface area (Å²) in [5.74, 6) is 0.657. The smallest absolute Gasteiger partial charge is 0.250 e. The molecule has 0 unspecified atom stereocenters. The predicted molar refractivity (Wildman–Crippen MR) is 53.4 cm³/mol. The average Bonchev–Trinajstić information content (AvgIpc) is 2.92. The van der Waals surface area contributed by atoms with Crippen molar-refractivity contribution in [3.05, 3.63) is 34.2 Å². The van der Waals surface area contributed by atoms with Crippen molar-refractivity contribution in [3.63, 3.8) is 0 Å². The molecule has 74 valence electrons. The Labute approximate surface area is 82.4 Å². The summed E-state index contributed by atoms with van der Waals surface area (Å²) in [6.07, 6.45) is 4.08. The van der Waals surface area contributed by atoms with Crippen LogP contribution in [0.25, 0.3) is 0 Å². The zero-order valence-electron chi connectivity index (χ0n) is 8.19. The van der Waals surface area contributed by atoms with Crippen molar-refractivity contribution in [2.75, 3.05) is 0 Å². The van der Waals surface area contributed by atoms with E-state index in [9.17, 15) is 9.59 Å². The molecular weight excluding hydrogens is 178 g/mol. The van der Waals surface area contributed by atoms with Gasteiger partial charge in [0.15, 0.2) is 5.78 Å². The summed E-state index contributed by atoms with van der Waals surface area (Å²) in [6, 6.07) is 3.06. The minimum atomic E-state index is -0.0121. The lowest BCUT2D eigenvalue weighted by atomic mass is 10.2. The molecule has 1 saturated carbocycles. The standard InChI is InChI=1S/C11H13NO2/c1-8(13)10-4-5-11(14)12(7-10)6-9-2-3-9/h4-5,7,9H,2-3,6H2,1H3. The largest absolute Gasteiger partial charge is 0.315 e. The van der Waals surface area contributed by atoms with Crippen LogP contribution in [0, 0.1) is 5.92 Å². The molecule has 2 rings (SSSR count). The fourth-order valence-electron chi connectivity index (χ4n) is 1.46. The highest BCUT2D eigenvalue weighted by Crippen LogP contribution is 2.30. The molecule has 0 spiro atoms. The highest BCUT2D eigenvalue weighted by molar-refractivity contribution is 5.93. The predicted octanol–water partition coefficient (Wildman–Crippen LogP) is 1.46. The monoisotopic (exact) mass is 191 g/mol. The van der Waals surface area contributed by atoms with Gasteiger partial charge in [0.05, 0.1) is 0 Å². The Morgan fingerprint density at radius 3 is 2.79 bits per heavy atom. The van der Waals surface area contributed by atoms with Crippen molar-refractivity contribution in [1.29, 1.82) is 0 Å². The van der Waals surface area contributed by atoms with Gasteiger partial charge >= 0.3 is 0 Å². The van der Waals surface area contributed by atoms with Crippen molar-refractivity contribution >= 4 is 5.78 Å². The second-order valence-corrected chi connectivity index (χ2v) is 3.91. The molecule has 1 aliphatic rings. The van der Waals surface area contributed by atoms with Gasteiger partial charge in [-0.1, -0.05) is 0 Å². The van der Waals surface area contributed by atoms with Crippen molar-refractivity contribution in [2.45, 2.75) is 26.3 Å². The average molecular weight is 191 g/mol. The number of ketones is 1. The van der Waals surface area contributed by atoms with Gasteiger partial charge < -0.3 is 4.57 Å². The summed E-state index contributed by atoms with van der Waals surface area (Å²) < 4.78 is 1.65. The minimum Gasteiger partial charge on any atom is -0.315 e. The molecule has 0 saturated heterocycles. The highest BCUT2D eigenvalue weighted by atomic mass is 16.1. The van der Waals surface area contributed by atoms with Crippen LogP contribution < -0.4 is 5.56 Å². The second kappa shape index (κ2) is 3.40. The van der Waals surface area contributed by atoms with Gasteiger partial charge in [0, 0.05) is 24.4 Å². The molecule has 1 heterocycles. The number of hydrogen-bond donors (Lipinski definition) is 0. The van der Waals surface area contributed by atoms with E-state index in [1.165, 1.54) is 25.8 Å². The van der Waals surface area contributed by atoms with Crippen molar-refractivity contribution in [3.8, 4) is 0 Å². The fraction of sp³-hybridized carbons (Fsp3) is 0.455. The van der Waals surface area contributed by atoms with Gasteiger partial charge in [-0.25, -0.2) is 0 Å². The minimum absolute atomic E-state index is 0.00884. The summed E-state index contributed by atoms with van der Waals surface area (Å²) in [4.78, 5) is 22.5. The zero-order valence-corrected chi connectivity index (χ0v) is 8.19. The first-order valence-corrected chi connectivity index (χ1v) is 4.88. The van der Waals surface area contributed by atoms with Gasteiger partial charge in [-0.2, -0.15) is 0 Å². The van der Waals surface area contributed by atoms with E-state index in [0.29, 0.717) is 11.5 Å². The van der Waals surface area contributed by atoms with Gasteiger partial charge in [-0.15, -0.1) is 0 Å². The molecule has 0 amide bonds. The lowest BCUT2D eigenvalue weighted by Crippen LogP contribution is -2.20. The first-order valence-electron chi connectivity index (χ1n) is 4.88. The van der Waals surface area contributed by atoms with Crippen LogP contribution in [0.5, 0.6) is 0 Å². The van der Waals surface area contributed by atoms with E-state index >= 15 is 0 Å². The van der Waals surface area contributed by atoms with Gasteiger partial charge in [0.2, 0.25) is 0 Å². The van der Waals surface area contributed by atoms with E-state index in [1.807, 2.05) is 0 Å². The summed E-state index contributed by atoms with van der Waals surface area (Å²) in [6.45, 7) is 2.28. The number of pyridine rings is 1. The maximum absolute atomic E-state index is 11.4. The summed E-state index contributed by atoms with van der Waals surface area (Å²) >= 11 is 0. The third kappa shape index (κ3) is 1.92. The molecule has 0 atom stereocenters. The molecule has 1 fully saturated rings. The van der Waals surface area contributed by atoms with Crippen LogP contribution in [-0.4, -0.2) is 10.4 Å². The molecule has 0 radical (unpaired) electrons. The summed E-state index contributed by atoms with van der Waals surface area (Å²) in [5, 5.41) is 0. The number of carbonyl (C=O) groups excluding carboxylic acids is 1. The Kier molecular flexibility index (Phi) is 2.23. The maximum atomic E-state index is 11.4. The van der Waals surface area contributed by atoms with Crippen LogP contribution in [0.1, 0.15) is 30.1 Å². The lowest BCUT2D eigenvalue weighted by molar-refractivity contribution is 0.101. The van der Waals surface area contributed by atoms with Crippen LogP contribution in [0.3, 0.4) is 0 Å². The number of rotatable bonds is 3. The molecule has 1 aliphatic carbocycles. The van der Waals surface area contributed by atoms with Crippen LogP contribution in [-0.2, 0) is 6.54 Å². The second-order valence-electron chi connectivity index (χ2n) is 3.91. The lowest BCUT2D eigenvalue weighted by Gasteiger charge is -2.04. The number of aromatic nitrogens is 1. The number of nitrogens with zero attached hydrogens (tertiary/aromatic N) is 1. The van der Waals surface area contributed by atoms with Crippen molar-refractivity contribution in [1.82, 2.24) is 4.57 Å².